The number of nitrogens with two attached hydrogens (primary N) is 1. The number of β-lactam (4-membered cyclic amide) rings is 1. The molecule has 2 aliphatic heterocycles. The van der Waals surface area contributed by atoms with Crippen LogP contribution in [0.1, 0.15) is 26.8 Å². The first-order valence-corrected chi connectivity index (χ1v) is 14.9. The van der Waals surface area contributed by atoms with E-state index < -0.39 is 35.2 Å². The molecule has 1 saturated heterocycles. The Balaban J connectivity index is 0.00000423. The standard InChI is InChI=1S/C25H21N7O7S3.ClH/c1-39-30-17(14-10-42-25(26)28-14)20(33)29-18-21(34)32-19(24(37)38)13(9-41-22(18)32)8-31-6-4-12(5-7-31)2-3-16-27-15(11-40-16)23(35)36;/h2-7,10-11,18,22H,8-9H2,1H3,(H4-,26,28,29,33,35,36,37,38);1H/p+1/b3-2+,30-17-;/t18-,22-;/m1./s1. The summed E-state index contributed by atoms with van der Waals surface area (Å²) in [6.07, 6.45) is 7.05. The van der Waals surface area contributed by atoms with Crippen molar-refractivity contribution >= 4 is 93.6 Å². The highest BCUT2D eigenvalue weighted by atomic mass is 35.5. The number of carbonyl (C=O) groups excluding carboxylic acids is 2. The van der Waals surface area contributed by atoms with Crippen LogP contribution in [0.5, 0.6) is 0 Å². The number of hydrogen-bond donors (Lipinski definition) is 4. The molecule has 2 aliphatic rings. The molecule has 0 bridgehead atoms. The fourth-order valence-electron chi connectivity index (χ4n) is 4.24. The number of halogens is 1. The number of rotatable bonds is 10. The number of nitrogens with zero attached hydrogens (tertiary/aromatic N) is 5. The van der Waals surface area contributed by atoms with Gasteiger partial charge in [-0.1, -0.05) is 11.2 Å². The zero-order valence-electron chi connectivity index (χ0n) is 22.1. The van der Waals surface area contributed by atoms with E-state index in [-0.39, 0.29) is 46.9 Å². The summed E-state index contributed by atoms with van der Waals surface area (Å²) < 4.78 is 1.79. The molecule has 0 aliphatic carbocycles. The van der Waals surface area contributed by atoms with E-state index >= 15 is 0 Å². The molecule has 5 rings (SSSR count). The average molecular weight is 665 g/mol. The van der Waals surface area contributed by atoms with Gasteiger partial charge in [0.2, 0.25) is 0 Å². The molecule has 0 saturated carbocycles. The zero-order valence-corrected chi connectivity index (χ0v) is 25.3. The van der Waals surface area contributed by atoms with Gasteiger partial charge in [0.1, 0.15) is 34.9 Å². The number of fused-ring (bicyclic) bond motifs is 1. The Kier molecular flexibility index (Phi) is 9.80. The van der Waals surface area contributed by atoms with Crippen LogP contribution >= 0.6 is 46.8 Å². The molecule has 3 aromatic heterocycles. The molecule has 5 heterocycles. The van der Waals surface area contributed by atoms with Gasteiger partial charge in [0.05, 0.1) is 0 Å². The lowest BCUT2D eigenvalue weighted by Gasteiger charge is -2.49. The first-order valence-electron chi connectivity index (χ1n) is 12.1. The van der Waals surface area contributed by atoms with E-state index in [0.717, 1.165) is 16.9 Å². The maximum Gasteiger partial charge on any atom is 0.355 e. The molecule has 0 radical (unpaired) electrons. The van der Waals surface area contributed by atoms with Crippen LogP contribution in [0.4, 0.5) is 5.13 Å². The number of aromatic nitrogens is 3. The first-order chi connectivity index (χ1) is 20.2. The van der Waals surface area contributed by atoms with Gasteiger partial charge in [-0.05, 0) is 11.6 Å². The third kappa shape index (κ3) is 6.69. The van der Waals surface area contributed by atoms with Crippen molar-refractivity contribution in [2.24, 2.45) is 5.16 Å². The topological polar surface area (TPSA) is 201 Å². The van der Waals surface area contributed by atoms with E-state index in [1.54, 1.807) is 29.1 Å². The molecule has 18 heteroatoms. The van der Waals surface area contributed by atoms with Crippen molar-refractivity contribution in [2.75, 3.05) is 18.6 Å². The largest absolute Gasteiger partial charge is 0.477 e. The molecule has 3 aromatic rings. The van der Waals surface area contributed by atoms with Crippen LogP contribution in [-0.2, 0) is 25.8 Å². The summed E-state index contributed by atoms with van der Waals surface area (Å²) in [6, 6.07) is 2.68. The number of nitrogen functional groups attached to an aromatic ring is 1. The maximum absolute atomic E-state index is 13.1. The molecular formula is C25H23ClN7O7S3+. The number of aliphatic carboxylic acids is 1. The van der Waals surface area contributed by atoms with E-state index in [2.05, 4.69) is 20.4 Å². The van der Waals surface area contributed by atoms with E-state index in [9.17, 15) is 24.3 Å². The Labute approximate surface area is 262 Å². The number of anilines is 1. The van der Waals surface area contributed by atoms with Gasteiger partial charge in [0, 0.05) is 34.2 Å². The highest BCUT2D eigenvalue weighted by Crippen LogP contribution is 2.40. The van der Waals surface area contributed by atoms with Gasteiger partial charge < -0.3 is 26.1 Å². The number of aromatic carboxylic acids is 1. The smallest absolute Gasteiger partial charge is 0.355 e. The van der Waals surface area contributed by atoms with Crippen LogP contribution in [0.25, 0.3) is 12.2 Å². The van der Waals surface area contributed by atoms with Gasteiger partial charge in [-0.2, -0.15) is 0 Å². The molecule has 1 fully saturated rings. The Morgan fingerprint density at radius 3 is 2.49 bits per heavy atom. The van der Waals surface area contributed by atoms with E-state index in [1.807, 2.05) is 12.1 Å². The Bertz CT molecular complexity index is 1670. The number of carboxylic acid groups (broad SMARTS) is 2. The van der Waals surface area contributed by atoms with Crippen LogP contribution in [-0.4, -0.2) is 78.8 Å². The Morgan fingerprint density at radius 2 is 1.88 bits per heavy atom. The Hall–Kier alpha value is -4.32. The van der Waals surface area contributed by atoms with Gasteiger partial charge >= 0.3 is 11.9 Å². The minimum Gasteiger partial charge on any atom is -0.477 e. The number of carbonyl (C=O) groups is 4. The number of thioether (sulfide) groups is 1. The third-order valence-electron chi connectivity index (χ3n) is 6.15. The molecule has 0 spiro atoms. The first kappa shape index (κ1) is 31.6. The molecule has 0 unspecified atom stereocenters. The quantitative estimate of drug-likeness (QED) is 0.106. The molecule has 43 heavy (non-hydrogen) atoms. The van der Waals surface area contributed by atoms with Crippen molar-refractivity contribution in [3.05, 3.63) is 68.5 Å². The van der Waals surface area contributed by atoms with Gasteiger partial charge in [-0.3, -0.25) is 14.5 Å². The maximum atomic E-state index is 13.1. The van der Waals surface area contributed by atoms with E-state index in [1.165, 1.54) is 45.9 Å². The molecule has 2 atom stereocenters. The fraction of sp³-hybridized carbons (Fsp3) is 0.200. The minimum atomic E-state index is -1.24. The summed E-state index contributed by atoms with van der Waals surface area (Å²) in [6.45, 7) is 0.233. The summed E-state index contributed by atoms with van der Waals surface area (Å²) in [7, 11) is 1.27. The van der Waals surface area contributed by atoms with Crippen LogP contribution < -0.4 is 15.6 Å². The lowest BCUT2D eigenvalue weighted by atomic mass is 10.0. The van der Waals surface area contributed by atoms with Crippen LogP contribution in [0, 0.1) is 0 Å². The molecule has 5 N–H and O–H groups in total. The number of amides is 2. The normalized spacial score (nSPS) is 18.1. The molecule has 224 valence electrons. The third-order valence-corrected chi connectivity index (χ3v) is 8.97. The van der Waals surface area contributed by atoms with Crippen molar-refractivity contribution in [2.45, 2.75) is 18.0 Å². The lowest BCUT2D eigenvalue weighted by molar-refractivity contribution is -0.689. The second kappa shape index (κ2) is 13.3. The zero-order chi connectivity index (χ0) is 30.0. The van der Waals surface area contributed by atoms with Gasteiger partial charge in [0.15, 0.2) is 35.5 Å². The summed E-state index contributed by atoms with van der Waals surface area (Å²) >= 11 is 3.68. The lowest BCUT2D eigenvalue weighted by Crippen LogP contribution is -2.71. The Morgan fingerprint density at radius 1 is 1.16 bits per heavy atom. The van der Waals surface area contributed by atoms with Crippen molar-refractivity contribution in [3.63, 3.8) is 0 Å². The summed E-state index contributed by atoms with van der Waals surface area (Å²) in [5, 5.41) is 28.5. The predicted molar refractivity (Wildman–Crippen MR) is 162 cm³/mol. The number of carboxylic acids is 2. The van der Waals surface area contributed by atoms with Crippen LogP contribution in [0.2, 0.25) is 0 Å². The summed E-state index contributed by atoms with van der Waals surface area (Å²) in [4.78, 5) is 63.3. The molecule has 0 aromatic carbocycles. The molecular weight excluding hydrogens is 642 g/mol. The molecule has 14 nitrogen and oxygen atoms in total. The number of hydrogen-bond acceptors (Lipinski definition) is 12. The SMILES string of the molecule is CO/N=C(\C(=O)N[C@@H]1C(=O)N2C(C(=O)O)=C(C[n+]3ccc(/C=C/c4nc(C(=O)O)cs4)cc3)CS[C@H]12)c1csc(N)n1.Cl. The number of nitrogens with one attached hydrogen (secondary N) is 1. The van der Waals surface area contributed by atoms with Crippen molar-refractivity contribution in [1.29, 1.82) is 0 Å². The van der Waals surface area contributed by atoms with Gasteiger partial charge in [0.25, 0.3) is 11.8 Å². The van der Waals surface area contributed by atoms with Crippen LogP contribution in [0.3, 0.4) is 0 Å². The highest BCUT2D eigenvalue weighted by Gasteiger charge is 2.54. The number of thiazole rings is 2. The summed E-state index contributed by atoms with van der Waals surface area (Å²) in [5.41, 5.74) is 6.94. The second-order valence-corrected chi connectivity index (χ2v) is 11.7. The van der Waals surface area contributed by atoms with Crippen molar-refractivity contribution in [3.8, 4) is 0 Å². The van der Waals surface area contributed by atoms with Crippen molar-refractivity contribution < 1.29 is 38.8 Å². The highest BCUT2D eigenvalue weighted by molar-refractivity contribution is 8.00. The second-order valence-electron chi connectivity index (χ2n) is 8.82. The van der Waals surface area contributed by atoms with Crippen LogP contribution in [0.15, 0.2) is 51.7 Å². The number of pyridine rings is 1. The van der Waals surface area contributed by atoms with Gasteiger partial charge in [-0.25, -0.2) is 24.1 Å². The van der Waals surface area contributed by atoms with Crippen molar-refractivity contribution in [1.82, 2.24) is 20.2 Å². The monoisotopic (exact) mass is 664 g/mol. The summed E-state index contributed by atoms with van der Waals surface area (Å²) in [5.74, 6) is -3.25. The minimum absolute atomic E-state index is 0. The van der Waals surface area contributed by atoms with E-state index in [0.29, 0.717) is 16.3 Å². The van der Waals surface area contributed by atoms with E-state index in [4.69, 9.17) is 15.7 Å². The van der Waals surface area contributed by atoms with Gasteiger partial charge in [-0.15, -0.1) is 46.8 Å². The number of oxime groups is 1. The average Bonchev–Trinajstić information content (AvgIpc) is 3.63. The molecule has 2 amide bonds. The predicted octanol–water partition coefficient (Wildman–Crippen LogP) is 1.55. The fourth-order valence-corrected chi connectivity index (χ4v) is 6.81.